The second kappa shape index (κ2) is 7.59. The Morgan fingerprint density at radius 3 is 2.28 bits per heavy atom. The Hall–Kier alpha value is -1.84. The Morgan fingerprint density at radius 2 is 1.64 bits per heavy atom. The van der Waals surface area contributed by atoms with E-state index in [1.807, 2.05) is 0 Å². The standard InChI is InChI=1S/C16H11FN2O4S.Na/c17-11-2-4-12(5-3-11)18-19-16-14-7-6-13(24(21,22)23)9-10(14)1-8-15(16)20;/h1-9,20H,(H,21,22,23);/q;+1/p-1. The van der Waals surface area contributed by atoms with E-state index in [0.29, 0.717) is 16.5 Å². The summed E-state index contributed by atoms with van der Waals surface area (Å²) >= 11 is 0. The van der Waals surface area contributed by atoms with E-state index in [4.69, 9.17) is 4.55 Å². The van der Waals surface area contributed by atoms with Crippen LogP contribution in [0.5, 0.6) is 5.75 Å². The van der Waals surface area contributed by atoms with Gasteiger partial charge in [0, 0.05) is 5.39 Å². The molecule has 0 aliphatic heterocycles. The van der Waals surface area contributed by atoms with Crippen molar-refractivity contribution in [2.75, 3.05) is 0 Å². The van der Waals surface area contributed by atoms with E-state index in [1.165, 1.54) is 54.6 Å². The molecular weight excluding hydrogens is 358 g/mol. The first-order chi connectivity index (χ1) is 11.3. The molecule has 0 heterocycles. The summed E-state index contributed by atoms with van der Waals surface area (Å²) in [4.78, 5) is -0.282. The van der Waals surface area contributed by atoms with Crippen LogP contribution in [-0.4, -0.2) is 13.0 Å². The van der Waals surface area contributed by atoms with Gasteiger partial charge in [-0.2, -0.15) is 18.6 Å². The van der Waals surface area contributed by atoms with Crippen LogP contribution in [-0.2, 0) is 10.1 Å². The van der Waals surface area contributed by atoms with Gasteiger partial charge < -0.3 is 5.11 Å². The minimum atomic E-state index is -4.34. The van der Waals surface area contributed by atoms with Gasteiger partial charge in [-0.25, -0.2) is 4.39 Å². The van der Waals surface area contributed by atoms with Crippen molar-refractivity contribution in [3.05, 3.63) is 60.4 Å². The molecule has 0 unspecified atom stereocenters. The maximum Gasteiger partial charge on any atom is 1.00 e. The van der Waals surface area contributed by atoms with Gasteiger partial charge in [0.2, 0.25) is 0 Å². The minimum Gasteiger partial charge on any atom is -0.871 e. The van der Waals surface area contributed by atoms with Crippen LogP contribution in [0.3, 0.4) is 0 Å². The fourth-order valence-electron chi connectivity index (χ4n) is 2.15. The van der Waals surface area contributed by atoms with E-state index in [-0.39, 0.29) is 40.1 Å². The maximum atomic E-state index is 12.9. The third-order valence-corrected chi connectivity index (χ3v) is 4.17. The second-order valence-electron chi connectivity index (χ2n) is 4.95. The minimum absolute atomic E-state index is 0. The smallest absolute Gasteiger partial charge is 0.871 e. The van der Waals surface area contributed by atoms with E-state index < -0.39 is 21.7 Å². The Balaban J connectivity index is 0.00000225. The molecule has 0 spiro atoms. The molecule has 3 aromatic rings. The van der Waals surface area contributed by atoms with Crippen molar-refractivity contribution < 1.29 is 52.0 Å². The quantitative estimate of drug-likeness (QED) is 0.418. The van der Waals surface area contributed by atoms with Crippen molar-refractivity contribution in [3.8, 4) is 5.75 Å². The summed E-state index contributed by atoms with van der Waals surface area (Å²) in [6.07, 6.45) is 0. The molecule has 0 fully saturated rings. The second-order valence-corrected chi connectivity index (χ2v) is 6.37. The molecular formula is C16H10FN2NaO4S. The summed E-state index contributed by atoms with van der Waals surface area (Å²) in [6.45, 7) is 0. The summed E-state index contributed by atoms with van der Waals surface area (Å²) in [6, 6.07) is 11.7. The van der Waals surface area contributed by atoms with E-state index in [9.17, 15) is 17.9 Å². The Bertz CT molecular complexity index is 1050. The van der Waals surface area contributed by atoms with Crippen LogP contribution < -0.4 is 34.7 Å². The number of nitrogens with zero attached hydrogens (tertiary/aromatic N) is 2. The van der Waals surface area contributed by atoms with E-state index >= 15 is 0 Å². The van der Waals surface area contributed by atoms with Crippen LogP contribution in [0.15, 0.2) is 69.7 Å². The zero-order chi connectivity index (χ0) is 17.3. The van der Waals surface area contributed by atoms with Gasteiger partial charge in [-0.15, -0.1) is 0 Å². The van der Waals surface area contributed by atoms with Gasteiger partial charge in [-0.3, -0.25) is 4.55 Å². The maximum absolute atomic E-state index is 12.9. The fourth-order valence-corrected chi connectivity index (χ4v) is 2.67. The molecule has 0 aromatic heterocycles. The average molecular weight is 368 g/mol. The molecule has 0 aliphatic rings. The molecule has 0 saturated heterocycles. The van der Waals surface area contributed by atoms with Crippen LogP contribution in [0, 0.1) is 5.82 Å². The Morgan fingerprint density at radius 1 is 0.960 bits per heavy atom. The molecule has 0 radical (unpaired) electrons. The van der Waals surface area contributed by atoms with Crippen molar-refractivity contribution in [1.29, 1.82) is 0 Å². The molecule has 122 valence electrons. The van der Waals surface area contributed by atoms with Gasteiger partial charge >= 0.3 is 29.6 Å². The van der Waals surface area contributed by atoms with Crippen LogP contribution >= 0.6 is 0 Å². The molecule has 9 heteroatoms. The van der Waals surface area contributed by atoms with Crippen molar-refractivity contribution in [1.82, 2.24) is 0 Å². The summed E-state index contributed by atoms with van der Waals surface area (Å²) in [5.74, 6) is -0.811. The zero-order valence-corrected chi connectivity index (χ0v) is 15.9. The number of hydrogen-bond acceptors (Lipinski definition) is 5. The molecule has 25 heavy (non-hydrogen) atoms. The molecule has 3 rings (SSSR count). The van der Waals surface area contributed by atoms with Gasteiger partial charge in [0.25, 0.3) is 10.1 Å². The van der Waals surface area contributed by atoms with Crippen molar-refractivity contribution in [2.45, 2.75) is 4.90 Å². The third-order valence-electron chi connectivity index (χ3n) is 3.32. The first-order valence-electron chi connectivity index (χ1n) is 6.73. The van der Waals surface area contributed by atoms with Gasteiger partial charge in [-0.05, 0) is 41.8 Å². The van der Waals surface area contributed by atoms with Gasteiger partial charge in [0.05, 0.1) is 16.3 Å². The summed E-state index contributed by atoms with van der Waals surface area (Å²) in [5.41, 5.74) is 0.390. The number of rotatable bonds is 3. The van der Waals surface area contributed by atoms with Crippen LogP contribution in [0.4, 0.5) is 15.8 Å². The largest absolute Gasteiger partial charge is 1.00 e. The Labute approximate surface area is 165 Å². The van der Waals surface area contributed by atoms with Crippen LogP contribution in [0.1, 0.15) is 0 Å². The number of benzene rings is 3. The predicted octanol–water partition coefficient (Wildman–Crippen LogP) is 0.719. The Kier molecular flexibility index (Phi) is 5.91. The molecule has 3 aromatic carbocycles. The topological polar surface area (TPSA) is 102 Å². The molecule has 0 atom stereocenters. The first kappa shape index (κ1) is 19.5. The first-order valence-corrected chi connectivity index (χ1v) is 8.17. The van der Waals surface area contributed by atoms with E-state index in [2.05, 4.69) is 10.2 Å². The normalized spacial score (nSPS) is 11.6. The number of hydrogen-bond donors (Lipinski definition) is 1. The number of azo groups is 1. The predicted molar refractivity (Wildman–Crippen MR) is 83.8 cm³/mol. The molecule has 0 bridgehead atoms. The van der Waals surface area contributed by atoms with Gasteiger partial charge in [-0.1, -0.05) is 23.9 Å². The molecule has 1 N–H and O–H groups in total. The van der Waals surface area contributed by atoms with Gasteiger partial charge in [0.15, 0.2) is 0 Å². The van der Waals surface area contributed by atoms with E-state index in [0.717, 1.165) is 0 Å². The van der Waals surface area contributed by atoms with Crippen molar-refractivity contribution >= 4 is 32.3 Å². The number of halogens is 1. The monoisotopic (exact) mass is 368 g/mol. The van der Waals surface area contributed by atoms with Crippen LogP contribution in [0.2, 0.25) is 0 Å². The van der Waals surface area contributed by atoms with Crippen molar-refractivity contribution in [3.63, 3.8) is 0 Å². The third kappa shape index (κ3) is 4.42. The summed E-state index contributed by atoms with van der Waals surface area (Å²) in [5, 5.41) is 20.6. The molecule has 0 aliphatic carbocycles. The van der Waals surface area contributed by atoms with Crippen LogP contribution in [0.25, 0.3) is 10.8 Å². The van der Waals surface area contributed by atoms with Crippen molar-refractivity contribution in [2.24, 2.45) is 10.2 Å². The summed E-state index contributed by atoms with van der Waals surface area (Å²) in [7, 11) is -4.34. The number of fused-ring (bicyclic) bond motifs is 1. The summed E-state index contributed by atoms with van der Waals surface area (Å²) < 4.78 is 44.3. The molecule has 6 nitrogen and oxygen atoms in total. The molecule has 0 amide bonds. The zero-order valence-electron chi connectivity index (χ0n) is 13.0. The average Bonchev–Trinajstić information content (AvgIpc) is 2.54. The van der Waals surface area contributed by atoms with E-state index in [1.54, 1.807) is 0 Å². The molecule has 0 saturated carbocycles. The SMILES string of the molecule is O=S(=O)(O)c1ccc2c(N=Nc3ccc(F)cc3)c([O-])ccc2c1.[Na+]. The van der Waals surface area contributed by atoms with Gasteiger partial charge in [0.1, 0.15) is 5.82 Å². The fraction of sp³-hybridized carbons (Fsp3) is 0.